The van der Waals surface area contributed by atoms with Gasteiger partial charge in [0.05, 0.1) is 11.0 Å². The van der Waals surface area contributed by atoms with Gasteiger partial charge in [0.1, 0.15) is 11.3 Å². The summed E-state index contributed by atoms with van der Waals surface area (Å²) in [6, 6.07) is 8.11. The average Bonchev–Trinajstić information content (AvgIpc) is 3.36. The number of hydrogen-bond donors (Lipinski definition) is 1. The lowest BCUT2D eigenvalue weighted by Gasteiger charge is -2.17. The number of anilines is 1. The normalized spacial score (nSPS) is 11.7. The van der Waals surface area contributed by atoms with Gasteiger partial charge in [0.25, 0.3) is 0 Å². The van der Waals surface area contributed by atoms with E-state index in [0.717, 1.165) is 92.3 Å². The summed E-state index contributed by atoms with van der Waals surface area (Å²) in [5.41, 5.74) is 9.01. The van der Waals surface area contributed by atoms with E-state index in [0.29, 0.717) is 18.7 Å². The molecule has 0 unspecified atom stereocenters. The van der Waals surface area contributed by atoms with Gasteiger partial charge in [0.2, 0.25) is 17.4 Å². The zero-order valence-electron chi connectivity index (χ0n) is 24.8. The van der Waals surface area contributed by atoms with E-state index >= 15 is 0 Å². The molecule has 2 aromatic heterocycles. The maximum Gasteiger partial charge on any atom is 0.311 e. The summed E-state index contributed by atoms with van der Waals surface area (Å²) in [6.07, 6.45) is 7.88. The number of aryl methyl sites for hydroxylation is 2. The van der Waals surface area contributed by atoms with Gasteiger partial charge in [-0.15, -0.1) is 0 Å². The zero-order chi connectivity index (χ0) is 30.9. The van der Waals surface area contributed by atoms with E-state index < -0.39 is 35.0 Å². The third-order valence-electron chi connectivity index (χ3n) is 7.57. The third-order valence-corrected chi connectivity index (χ3v) is 7.57. The molecule has 232 valence electrons. The highest BCUT2D eigenvalue weighted by Crippen LogP contribution is 2.30. The Labute approximate surface area is 249 Å². The van der Waals surface area contributed by atoms with Crippen LogP contribution in [0.15, 0.2) is 30.3 Å². The predicted molar refractivity (Wildman–Crippen MR) is 160 cm³/mol. The van der Waals surface area contributed by atoms with Gasteiger partial charge in [-0.1, -0.05) is 44.4 Å². The molecule has 0 bridgehead atoms. The maximum atomic E-state index is 13.7. The smallest absolute Gasteiger partial charge is 0.311 e. The summed E-state index contributed by atoms with van der Waals surface area (Å²) < 4.78 is 60.8. The summed E-state index contributed by atoms with van der Waals surface area (Å²) in [5, 5.41) is 1.06. The second-order valence-electron chi connectivity index (χ2n) is 10.9. The number of carbonyl (C=O) groups is 1. The summed E-state index contributed by atoms with van der Waals surface area (Å²) in [6.45, 7) is 4.86. The van der Waals surface area contributed by atoms with Crippen molar-refractivity contribution in [3.63, 3.8) is 0 Å². The van der Waals surface area contributed by atoms with Gasteiger partial charge < -0.3 is 19.9 Å². The van der Waals surface area contributed by atoms with E-state index in [2.05, 4.69) is 39.2 Å². The second-order valence-corrected chi connectivity index (χ2v) is 10.9. The molecule has 0 aliphatic rings. The Balaban J connectivity index is 1.19. The molecule has 4 aromatic rings. The van der Waals surface area contributed by atoms with E-state index in [1.165, 1.54) is 0 Å². The molecule has 7 nitrogen and oxygen atoms in total. The molecule has 2 aromatic carbocycles. The quantitative estimate of drug-likeness (QED) is 0.0476. The number of nitrogens with zero attached hydrogens (tertiary/aromatic N) is 4. The lowest BCUT2D eigenvalue weighted by atomic mass is 10.1. The minimum absolute atomic E-state index is 0.0705. The van der Waals surface area contributed by atoms with Crippen LogP contribution in [0, 0.1) is 23.3 Å². The fraction of sp³-hybridized carbons (Fsp3) is 0.469. The van der Waals surface area contributed by atoms with Crippen molar-refractivity contribution in [2.24, 2.45) is 0 Å². The van der Waals surface area contributed by atoms with Gasteiger partial charge >= 0.3 is 5.97 Å². The standard InChI is InChI=1S/C32H39F4N5O2/c1-3-4-15-25-39-29-30(21-13-8-9-14-24(21)38-32(29)37)41(25)19-12-11-18-40(2)17-10-6-5-7-16-26(42)43-31-27(35)22(33)20-23(34)28(31)36/h8-9,13-14,20H,3-7,10-12,15-19H2,1-2H3,(H2,37,38). The van der Waals surface area contributed by atoms with Crippen LogP contribution in [0.25, 0.3) is 21.9 Å². The summed E-state index contributed by atoms with van der Waals surface area (Å²) >= 11 is 0. The van der Waals surface area contributed by atoms with Gasteiger partial charge in [0.15, 0.2) is 17.5 Å². The van der Waals surface area contributed by atoms with E-state index in [-0.39, 0.29) is 12.5 Å². The maximum absolute atomic E-state index is 13.7. The first-order valence-electron chi connectivity index (χ1n) is 15.0. The van der Waals surface area contributed by atoms with Crippen molar-refractivity contribution in [1.29, 1.82) is 0 Å². The molecule has 4 rings (SSSR count). The largest absolute Gasteiger partial charge is 0.420 e. The first-order chi connectivity index (χ1) is 20.7. The molecule has 0 spiro atoms. The van der Waals surface area contributed by atoms with Gasteiger partial charge in [0, 0.05) is 30.8 Å². The predicted octanol–water partition coefficient (Wildman–Crippen LogP) is 7.33. The molecule has 0 amide bonds. The summed E-state index contributed by atoms with van der Waals surface area (Å²) in [5.74, 6) is -7.43. The van der Waals surface area contributed by atoms with E-state index in [4.69, 9.17) is 10.7 Å². The van der Waals surface area contributed by atoms with Crippen molar-refractivity contribution in [2.45, 2.75) is 77.7 Å². The first kappa shape index (κ1) is 32.2. The van der Waals surface area contributed by atoms with Crippen LogP contribution in [-0.4, -0.2) is 45.5 Å². The molecule has 0 saturated heterocycles. The number of nitrogen functional groups attached to an aromatic ring is 1. The van der Waals surface area contributed by atoms with Crippen molar-refractivity contribution in [3.8, 4) is 5.75 Å². The molecule has 2 heterocycles. The molecule has 11 heteroatoms. The molecule has 0 saturated carbocycles. The fourth-order valence-electron chi connectivity index (χ4n) is 5.25. The Kier molecular flexibility index (Phi) is 11.3. The second kappa shape index (κ2) is 15.1. The number of fused-ring (bicyclic) bond motifs is 3. The van der Waals surface area contributed by atoms with Crippen LogP contribution < -0.4 is 10.5 Å². The number of carbonyl (C=O) groups excluding carboxylic acids is 1. The van der Waals surface area contributed by atoms with Gasteiger partial charge in [-0.05, 0) is 58.3 Å². The molecule has 2 N–H and O–H groups in total. The Morgan fingerprint density at radius 3 is 2.33 bits per heavy atom. The number of esters is 1. The SMILES string of the molecule is CCCCc1nc2c(N)nc3ccccc3c2n1CCCCN(C)CCCCCCC(=O)Oc1c(F)c(F)cc(F)c1F. The van der Waals surface area contributed by atoms with Crippen molar-refractivity contribution < 1.29 is 27.1 Å². The van der Waals surface area contributed by atoms with Crippen molar-refractivity contribution in [2.75, 3.05) is 25.9 Å². The minimum Gasteiger partial charge on any atom is -0.420 e. The number of para-hydroxylation sites is 1. The number of ether oxygens (including phenoxy) is 1. The highest BCUT2D eigenvalue weighted by Gasteiger charge is 2.23. The molecule has 0 fully saturated rings. The van der Waals surface area contributed by atoms with Gasteiger partial charge in [-0.3, -0.25) is 4.79 Å². The number of hydrogen-bond acceptors (Lipinski definition) is 6. The number of nitrogens with two attached hydrogens (primary N) is 1. The zero-order valence-corrected chi connectivity index (χ0v) is 24.8. The fourth-order valence-corrected chi connectivity index (χ4v) is 5.25. The number of rotatable bonds is 16. The number of halogens is 4. The Morgan fingerprint density at radius 1 is 0.930 bits per heavy atom. The van der Waals surface area contributed by atoms with Crippen molar-refractivity contribution in [3.05, 3.63) is 59.4 Å². The topological polar surface area (TPSA) is 86.3 Å². The molecular formula is C32H39F4N5O2. The van der Waals surface area contributed by atoms with Gasteiger partial charge in [-0.2, -0.15) is 8.78 Å². The molecule has 0 aliphatic carbocycles. The van der Waals surface area contributed by atoms with E-state index in [1.807, 2.05) is 18.2 Å². The third kappa shape index (κ3) is 8.01. The summed E-state index contributed by atoms with van der Waals surface area (Å²) in [7, 11) is 2.08. The van der Waals surface area contributed by atoms with Crippen molar-refractivity contribution in [1.82, 2.24) is 19.4 Å². The Bertz CT molecular complexity index is 1530. The number of pyridine rings is 1. The number of imidazole rings is 1. The lowest BCUT2D eigenvalue weighted by Crippen LogP contribution is -2.21. The lowest BCUT2D eigenvalue weighted by molar-refractivity contribution is -0.135. The van der Waals surface area contributed by atoms with Crippen LogP contribution in [0.3, 0.4) is 0 Å². The van der Waals surface area contributed by atoms with Crippen LogP contribution >= 0.6 is 0 Å². The molecule has 0 atom stereocenters. The molecular weight excluding hydrogens is 562 g/mol. The highest BCUT2D eigenvalue weighted by atomic mass is 19.2. The van der Waals surface area contributed by atoms with Crippen LogP contribution in [0.4, 0.5) is 23.4 Å². The highest BCUT2D eigenvalue weighted by molar-refractivity contribution is 6.06. The van der Waals surface area contributed by atoms with Crippen molar-refractivity contribution >= 4 is 33.7 Å². The Morgan fingerprint density at radius 2 is 1.60 bits per heavy atom. The minimum atomic E-state index is -1.72. The number of unbranched alkanes of at least 4 members (excludes halogenated alkanes) is 5. The molecule has 0 radical (unpaired) electrons. The number of aromatic nitrogens is 3. The summed E-state index contributed by atoms with van der Waals surface area (Å²) in [4.78, 5) is 23.7. The molecule has 43 heavy (non-hydrogen) atoms. The van der Waals surface area contributed by atoms with Crippen LogP contribution in [-0.2, 0) is 17.8 Å². The Hall–Kier alpha value is -3.73. The van der Waals surface area contributed by atoms with Crippen LogP contribution in [0.2, 0.25) is 0 Å². The van der Waals surface area contributed by atoms with Gasteiger partial charge in [-0.25, -0.2) is 18.7 Å². The molecule has 0 aliphatic heterocycles. The monoisotopic (exact) mass is 601 g/mol. The van der Waals surface area contributed by atoms with E-state index in [1.54, 1.807) is 0 Å². The van der Waals surface area contributed by atoms with Crippen LogP contribution in [0.1, 0.15) is 70.5 Å². The van der Waals surface area contributed by atoms with E-state index in [9.17, 15) is 22.4 Å². The average molecular weight is 602 g/mol. The number of benzene rings is 2. The first-order valence-corrected chi connectivity index (χ1v) is 15.0. The van der Waals surface area contributed by atoms with Crippen LogP contribution in [0.5, 0.6) is 5.75 Å².